The van der Waals surface area contributed by atoms with E-state index in [-0.39, 0.29) is 23.0 Å². The van der Waals surface area contributed by atoms with E-state index < -0.39 is 6.55 Å². The van der Waals surface area contributed by atoms with E-state index in [1.54, 1.807) is 53.1 Å². The number of nitrogens with zero attached hydrogens (tertiary/aromatic N) is 4. The zero-order valence-corrected chi connectivity index (χ0v) is 18.6. The van der Waals surface area contributed by atoms with Gasteiger partial charge in [-0.1, -0.05) is 42.4 Å². The van der Waals surface area contributed by atoms with Crippen molar-refractivity contribution in [3.05, 3.63) is 64.7 Å². The largest absolute Gasteiger partial charge is 0.370 e. The minimum Gasteiger partial charge on any atom is -0.370 e. The molecular weight excluding hydrogens is 448 g/mol. The molecule has 0 saturated heterocycles. The molecule has 0 radical (unpaired) electrons. The highest BCUT2D eigenvalue weighted by Gasteiger charge is 2.19. The second-order valence-electron chi connectivity index (χ2n) is 7.60. The third-order valence-electron chi connectivity index (χ3n) is 5.33. The Morgan fingerprint density at radius 2 is 1.73 bits per heavy atom. The Morgan fingerprint density at radius 1 is 1.00 bits per heavy atom. The SMILES string of the molecule is NC(=O)CCCCCn1c(SCc2nc3ccccc3n2C(F)F)nc2ccccc2c1=O. The number of aromatic nitrogens is 4. The number of carbonyl (C=O) groups excluding carboxylic acids is 1. The molecule has 2 aromatic heterocycles. The van der Waals surface area contributed by atoms with Crippen LogP contribution >= 0.6 is 11.8 Å². The zero-order chi connectivity index (χ0) is 23.4. The van der Waals surface area contributed by atoms with Crippen LogP contribution in [0.5, 0.6) is 0 Å². The Labute approximate surface area is 192 Å². The smallest absolute Gasteiger partial charge is 0.320 e. The molecule has 0 atom stereocenters. The second-order valence-corrected chi connectivity index (χ2v) is 8.54. The van der Waals surface area contributed by atoms with Crippen molar-refractivity contribution >= 4 is 39.6 Å². The number of thioether (sulfide) groups is 1. The van der Waals surface area contributed by atoms with Crippen LogP contribution in [0.1, 0.15) is 38.1 Å². The van der Waals surface area contributed by atoms with Gasteiger partial charge in [-0.15, -0.1) is 0 Å². The molecule has 0 aliphatic carbocycles. The Hall–Kier alpha value is -3.27. The average molecular weight is 472 g/mol. The molecule has 2 N–H and O–H groups in total. The summed E-state index contributed by atoms with van der Waals surface area (Å²) in [6.45, 7) is -2.33. The predicted molar refractivity (Wildman–Crippen MR) is 124 cm³/mol. The first-order chi connectivity index (χ1) is 16.0. The number of primary amides is 1. The number of nitrogens with two attached hydrogens (primary N) is 1. The third-order valence-corrected chi connectivity index (χ3v) is 6.30. The molecule has 10 heteroatoms. The lowest BCUT2D eigenvalue weighted by Crippen LogP contribution is -2.23. The summed E-state index contributed by atoms with van der Waals surface area (Å²) in [5.74, 6) is -0.00446. The van der Waals surface area contributed by atoms with Gasteiger partial charge in [0, 0.05) is 13.0 Å². The number of para-hydroxylation sites is 3. The molecule has 4 rings (SSSR count). The normalized spacial score (nSPS) is 11.6. The summed E-state index contributed by atoms with van der Waals surface area (Å²) in [6.07, 6.45) is 2.34. The van der Waals surface area contributed by atoms with Crippen LogP contribution in [0.15, 0.2) is 58.5 Å². The number of unbranched alkanes of at least 4 members (excludes halogenated alkanes) is 2. The molecule has 172 valence electrons. The van der Waals surface area contributed by atoms with Crippen molar-refractivity contribution in [2.45, 2.75) is 49.7 Å². The number of benzene rings is 2. The van der Waals surface area contributed by atoms with Crippen molar-refractivity contribution in [1.82, 2.24) is 19.1 Å². The van der Waals surface area contributed by atoms with Gasteiger partial charge < -0.3 is 5.73 Å². The summed E-state index contributed by atoms with van der Waals surface area (Å²) in [4.78, 5) is 33.1. The van der Waals surface area contributed by atoms with Crippen LogP contribution < -0.4 is 11.3 Å². The maximum atomic E-state index is 13.8. The summed E-state index contributed by atoms with van der Waals surface area (Å²) in [5, 5.41) is 0.945. The van der Waals surface area contributed by atoms with Crippen LogP contribution in [-0.2, 0) is 17.1 Å². The number of hydrogen-bond donors (Lipinski definition) is 1. The first-order valence-corrected chi connectivity index (χ1v) is 11.6. The summed E-state index contributed by atoms with van der Waals surface area (Å²) >= 11 is 1.21. The minimum atomic E-state index is -2.73. The summed E-state index contributed by atoms with van der Waals surface area (Å²) < 4.78 is 30.0. The highest BCUT2D eigenvalue weighted by molar-refractivity contribution is 7.98. The van der Waals surface area contributed by atoms with Gasteiger partial charge in [0.1, 0.15) is 5.82 Å². The fourth-order valence-electron chi connectivity index (χ4n) is 3.74. The maximum absolute atomic E-state index is 13.8. The summed E-state index contributed by atoms with van der Waals surface area (Å²) in [6, 6.07) is 13.8. The van der Waals surface area contributed by atoms with E-state index in [9.17, 15) is 18.4 Å². The van der Waals surface area contributed by atoms with Crippen LogP contribution in [0.3, 0.4) is 0 Å². The van der Waals surface area contributed by atoms with Crippen LogP contribution in [-0.4, -0.2) is 25.0 Å². The number of imidazole rings is 1. The van der Waals surface area contributed by atoms with Crippen LogP contribution in [0.25, 0.3) is 21.9 Å². The molecule has 0 fully saturated rings. The van der Waals surface area contributed by atoms with Crippen LogP contribution in [0.4, 0.5) is 8.78 Å². The van der Waals surface area contributed by atoms with Gasteiger partial charge in [-0.2, -0.15) is 8.78 Å². The number of halogens is 2. The first kappa shape index (κ1) is 22.9. The van der Waals surface area contributed by atoms with E-state index in [1.165, 1.54) is 11.8 Å². The van der Waals surface area contributed by atoms with Crippen LogP contribution in [0, 0.1) is 0 Å². The lowest BCUT2D eigenvalue weighted by Gasteiger charge is -2.13. The van der Waals surface area contributed by atoms with E-state index in [4.69, 9.17) is 5.73 Å². The maximum Gasteiger partial charge on any atom is 0.320 e. The van der Waals surface area contributed by atoms with Gasteiger partial charge >= 0.3 is 6.55 Å². The van der Waals surface area contributed by atoms with E-state index in [0.717, 1.165) is 11.0 Å². The molecule has 7 nitrogen and oxygen atoms in total. The van der Waals surface area contributed by atoms with Crippen molar-refractivity contribution in [2.75, 3.05) is 0 Å². The molecule has 0 unspecified atom stereocenters. The Morgan fingerprint density at radius 3 is 2.48 bits per heavy atom. The minimum absolute atomic E-state index is 0.130. The van der Waals surface area contributed by atoms with Gasteiger partial charge in [-0.05, 0) is 37.1 Å². The van der Waals surface area contributed by atoms with E-state index in [0.29, 0.717) is 52.9 Å². The molecule has 4 aromatic rings. The highest BCUT2D eigenvalue weighted by Crippen LogP contribution is 2.28. The van der Waals surface area contributed by atoms with Gasteiger partial charge in [0.15, 0.2) is 5.16 Å². The third kappa shape index (κ3) is 5.05. The molecular formula is C23H23F2N5O2S. The predicted octanol–water partition coefficient (Wildman–Crippen LogP) is 4.48. The van der Waals surface area contributed by atoms with Crippen molar-refractivity contribution in [3.8, 4) is 0 Å². The van der Waals surface area contributed by atoms with Gasteiger partial charge in [-0.3, -0.25) is 18.7 Å². The molecule has 0 bridgehead atoms. The fourth-order valence-corrected chi connectivity index (χ4v) is 4.70. The number of carbonyl (C=O) groups is 1. The van der Waals surface area contributed by atoms with Gasteiger partial charge in [-0.25, -0.2) is 9.97 Å². The highest BCUT2D eigenvalue weighted by atomic mass is 32.2. The van der Waals surface area contributed by atoms with Crippen molar-refractivity contribution in [1.29, 1.82) is 0 Å². The molecule has 0 aliphatic heterocycles. The Kier molecular flexibility index (Phi) is 7.02. The molecule has 0 saturated carbocycles. The molecule has 1 amide bonds. The molecule has 0 spiro atoms. The van der Waals surface area contributed by atoms with Crippen molar-refractivity contribution in [2.24, 2.45) is 5.73 Å². The number of hydrogen-bond acceptors (Lipinski definition) is 5. The molecule has 0 aliphatic rings. The van der Waals surface area contributed by atoms with Gasteiger partial charge in [0.25, 0.3) is 5.56 Å². The Bertz CT molecular complexity index is 1350. The standard InChI is InChI=1S/C23H23F2N5O2S/c24-22(25)30-18-11-6-5-10-17(18)27-20(30)14-33-23-28-16-9-4-3-8-15(16)21(32)29(23)13-7-1-2-12-19(26)31/h3-6,8-11,22H,1-2,7,12-14H2,(H2,26,31). The lowest BCUT2D eigenvalue weighted by atomic mass is 10.2. The lowest BCUT2D eigenvalue weighted by molar-refractivity contribution is -0.118. The van der Waals surface area contributed by atoms with E-state index >= 15 is 0 Å². The summed E-state index contributed by atoms with van der Waals surface area (Å²) in [5.41, 5.74) is 6.41. The van der Waals surface area contributed by atoms with E-state index in [1.807, 2.05) is 0 Å². The average Bonchev–Trinajstić information content (AvgIpc) is 3.17. The molecule has 33 heavy (non-hydrogen) atoms. The second kappa shape index (κ2) is 10.1. The van der Waals surface area contributed by atoms with E-state index in [2.05, 4.69) is 9.97 Å². The Balaban J connectivity index is 1.63. The van der Waals surface area contributed by atoms with Crippen molar-refractivity contribution in [3.63, 3.8) is 0 Å². The molecule has 2 heterocycles. The first-order valence-electron chi connectivity index (χ1n) is 10.6. The molecule has 2 aromatic carbocycles. The zero-order valence-electron chi connectivity index (χ0n) is 17.8. The van der Waals surface area contributed by atoms with Crippen LogP contribution in [0.2, 0.25) is 0 Å². The van der Waals surface area contributed by atoms with Crippen molar-refractivity contribution < 1.29 is 13.6 Å². The number of amides is 1. The quantitative estimate of drug-likeness (QED) is 0.209. The topological polar surface area (TPSA) is 95.8 Å². The fraction of sp³-hybridized carbons (Fsp3) is 0.304. The van der Waals surface area contributed by atoms with Gasteiger partial charge in [0.05, 0.1) is 27.7 Å². The number of rotatable bonds is 10. The number of fused-ring (bicyclic) bond motifs is 2. The summed E-state index contributed by atoms with van der Waals surface area (Å²) in [7, 11) is 0. The van der Waals surface area contributed by atoms with Gasteiger partial charge in [0.2, 0.25) is 5.91 Å². The monoisotopic (exact) mass is 471 g/mol. The number of alkyl halides is 2.